The van der Waals surface area contributed by atoms with Gasteiger partial charge in [0, 0.05) is 19.6 Å². The summed E-state index contributed by atoms with van der Waals surface area (Å²) >= 11 is 0. The van der Waals surface area contributed by atoms with E-state index in [0.29, 0.717) is 22.5 Å². The van der Waals surface area contributed by atoms with E-state index in [1.165, 1.54) is 12.3 Å². The van der Waals surface area contributed by atoms with Crippen molar-refractivity contribution in [2.45, 2.75) is 27.1 Å². The van der Waals surface area contributed by atoms with Crippen LogP contribution in [0.1, 0.15) is 27.7 Å². The average Bonchev–Trinajstić information content (AvgIpc) is 3.23. The van der Waals surface area contributed by atoms with Crippen LogP contribution in [-0.4, -0.2) is 0 Å². The number of hydrogen-bond donors (Lipinski definition) is 0. The van der Waals surface area contributed by atoms with Crippen molar-refractivity contribution in [3.8, 4) is 22.4 Å². The summed E-state index contributed by atoms with van der Waals surface area (Å²) in [7, 11) is 1.79. The molecule has 2 aromatic heterocycles. The number of benzene rings is 3. The fourth-order valence-electron chi connectivity index (χ4n) is 4.56. The molecule has 0 amide bonds. The number of aryl methyl sites for hydroxylation is 2. The van der Waals surface area contributed by atoms with Gasteiger partial charge in [0.2, 0.25) is 11.4 Å². The fourth-order valence-corrected chi connectivity index (χ4v) is 4.56. The third-order valence-corrected chi connectivity index (χ3v) is 6.11. The molecule has 4 heteroatoms. The van der Waals surface area contributed by atoms with Gasteiger partial charge in [-0.15, -0.1) is 0 Å². The quantitative estimate of drug-likeness (QED) is 0.201. The number of halogens is 1. The standard InChI is InChI=1S/C30H26FN2O/c1-18(2)15-21-17-33(5)26(16-25(21)31)27-19(3)11-12-23-24-14-13-22(20-9-7-6-8-10-20)28(32-4)30(24)34-29(23)27/h6-14,16-18H,15H2,1-3,5H3/q+1/i15D2. The molecule has 0 radical (unpaired) electrons. The van der Waals surface area contributed by atoms with Crippen LogP contribution < -0.4 is 4.57 Å². The van der Waals surface area contributed by atoms with Gasteiger partial charge >= 0.3 is 0 Å². The molecule has 0 atom stereocenters. The Morgan fingerprint density at radius 1 is 1.06 bits per heavy atom. The minimum Gasteiger partial charge on any atom is -0.466 e. The van der Waals surface area contributed by atoms with Gasteiger partial charge in [-0.1, -0.05) is 68.4 Å². The van der Waals surface area contributed by atoms with Gasteiger partial charge in [0.05, 0.1) is 17.7 Å². The predicted molar refractivity (Wildman–Crippen MR) is 135 cm³/mol. The van der Waals surface area contributed by atoms with E-state index in [2.05, 4.69) is 4.85 Å². The van der Waals surface area contributed by atoms with Crippen LogP contribution in [0.4, 0.5) is 10.1 Å². The van der Waals surface area contributed by atoms with Crippen molar-refractivity contribution >= 4 is 27.6 Å². The van der Waals surface area contributed by atoms with Gasteiger partial charge in [-0.25, -0.2) is 13.8 Å². The second kappa shape index (κ2) is 8.43. The van der Waals surface area contributed by atoms with E-state index in [1.54, 1.807) is 25.5 Å². The number of aromatic nitrogens is 1. The normalized spacial score (nSPS) is 12.7. The van der Waals surface area contributed by atoms with Crippen LogP contribution in [0.5, 0.6) is 0 Å². The summed E-state index contributed by atoms with van der Waals surface area (Å²) in [5.74, 6) is -0.980. The lowest BCUT2D eigenvalue weighted by molar-refractivity contribution is -0.661. The first kappa shape index (κ1) is 19.5. The van der Waals surface area contributed by atoms with Gasteiger partial charge in [0.25, 0.3) is 0 Å². The summed E-state index contributed by atoms with van der Waals surface area (Å²) in [4.78, 5) is 3.83. The molecule has 0 fully saturated rings. The van der Waals surface area contributed by atoms with E-state index in [9.17, 15) is 0 Å². The molecule has 3 nitrogen and oxygen atoms in total. The van der Waals surface area contributed by atoms with Crippen molar-refractivity contribution in [2.24, 2.45) is 13.0 Å². The maximum absolute atomic E-state index is 15.3. The highest BCUT2D eigenvalue weighted by molar-refractivity contribution is 6.14. The lowest BCUT2D eigenvalue weighted by Gasteiger charge is -2.09. The van der Waals surface area contributed by atoms with E-state index < -0.39 is 12.2 Å². The molecule has 0 unspecified atom stereocenters. The van der Waals surface area contributed by atoms with Crippen molar-refractivity contribution < 1.29 is 16.1 Å². The van der Waals surface area contributed by atoms with Gasteiger partial charge in [0.15, 0.2) is 6.20 Å². The SMILES string of the molecule is [2H]C([2H])(c1c[n+](C)c(-c2c(C)ccc3c2oc2c([N+]#[C-])c(-c4ccccc4)ccc23)cc1F)C(C)C. The van der Waals surface area contributed by atoms with Crippen molar-refractivity contribution in [1.82, 2.24) is 0 Å². The molecule has 5 aromatic rings. The Kier molecular flexibility index (Phi) is 4.83. The van der Waals surface area contributed by atoms with Crippen LogP contribution in [0.3, 0.4) is 0 Å². The van der Waals surface area contributed by atoms with Crippen molar-refractivity contribution in [2.75, 3.05) is 0 Å². The first-order valence-electron chi connectivity index (χ1n) is 12.3. The topological polar surface area (TPSA) is 21.4 Å². The molecule has 2 heterocycles. The first-order chi connectivity index (χ1) is 17.1. The summed E-state index contributed by atoms with van der Waals surface area (Å²) < 4.78 is 40.3. The van der Waals surface area contributed by atoms with Crippen molar-refractivity contribution in [3.63, 3.8) is 0 Å². The molecule has 5 rings (SSSR count). The summed E-state index contributed by atoms with van der Waals surface area (Å²) in [6, 6.07) is 19.0. The van der Waals surface area contributed by atoms with E-state index in [-0.39, 0.29) is 11.5 Å². The third-order valence-electron chi connectivity index (χ3n) is 6.11. The molecule has 0 spiro atoms. The molecule has 0 saturated heterocycles. The van der Waals surface area contributed by atoms with Crippen molar-refractivity contribution in [3.05, 3.63) is 95.2 Å². The number of rotatable bonds is 4. The van der Waals surface area contributed by atoms with Crippen LogP contribution in [0.25, 0.3) is 49.2 Å². The third kappa shape index (κ3) is 3.54. The number of nitrogens with zero attached hydrogens (tertiary/aromatic N) is 2. The van der Waals surface area contributed by atoms with Crippen LogP contribution in [0.2, 0.25) is 0 Å². The molecular formula is C30H26FN2O+. The molecule has 0 N–H and O–H groups in total. The van der Waals surface area contributed by atoms with Crippen LogP contribution >= 0.6 is 0 Å². The summed E-state index contributed by atoms with van der Waals surface area (Å²) in [6.45, 7) is 13.3. The van der Waals surface area contributed by atoms with Crippen LogP contribution in [0.15, 0.2) is 71.3 Å². The molecule has 0 bridgehead atoms. The highest BCUT2D eigenvalue weighted by atomic mass is 19.1. The zero-order valence-electron chi connectivity index (χ0n) is 21.6. The lowest BCUT2D eigenvalue weighted by atomic mass is 9.97. The van der Waals surface area contributed by atoms with E-state index >= 15 is 4.39 Å². The van der Waals surface area contributed by atoms with E-state index in [1.807, 2.05) is 61.5 Å². The Morgan fingerprint density at radius 2 is 1.76 bits per heavy atom. The molecule has 0 aliphatic rings. The highest BCUT2D eigenvalue weighted by Gasteiger charge is 2.24. The van der Waals surface area contributed by atoms with Gasteiger partial charge in [0.1, 0.15) is 24.0 Å². The number of hydrogen-bond acceptors (Lipinski definition) is 1. The number of furan rings is 1. The molecule has 34 heavy (non-hydrogen) atoms. The molecule has 3 aromatic carbocycles. The fraction of sp³-hybridized carbons (Fsp3) is 0.200. The van der Waals surface area contributed by atoms with Gasteiger partial charge in [-0.2, -0.15) is 0 Å². The second-order valence-electron chi connectivity index (χ2n) is 8.88. The molecule has 0 aliphatic heterocycles. The minimum atomic E-state index is -1.81. The maximum atomic E-state index is 15.3. The Bertz CT molecular complexity index is 1680. The smallest absolute Gasteiger partial charge is 0.237 e. The maximum Gasteiger partial charge on any atom is 0.237 e. The van der Waals surface area contributed by atoms with E-state index in [4.69, 9.17) is 13.7 Å². The van der Waals surface area contributed by atoms with Gasteiger partial charge in [-0.05, 0) is 35.9 Å². The Labute approximate surface area is 201 Å². The van der Waals surface area contributed by atoms with Crippen molar-refractivity contribution in [1.29, 1.82) is 0 Å². The summed E-state index contributed by atoms with van der Waals surface area (Å²) in [6.07, 6.45) is -0.275. The first-order valence-corrected chi connectivity index (χ1v) is 11.3. The highest BCUT2D eigenvalue weighted by Crippen LogP contribution is 2.44. The predicted octanol–water partition coefficient (Wildman–Crippen LogP) is 7.94. The minimum absolute atomic E-state index is 0.0287. The van der Waals surface area contributed by atoms with Crippen LogP contribution in [-0.2, 0) is 13.4 Å². The Morgan fingerprint density at radius 3 is 2.47 bits per heavy atom. The zero-order chi connectivity index (χ0) is 25.8. The zero-order valence-corrected chi connectivity index (χ0v) is 19.6. The summed E-state index contributed by atoms with van der Waals surface area (Å²) in [5, 5.41) is 1.67. The van der Waals surface area contributed by atoms with Gasteiger partial charge in [-0.3, -0.25) is 0 Å². The second-order valence-corrected chi connectivity index (χ2v) is 8.88. The monoisotopic (exact) mass is 451 g/mol. The molecule has 0 saturated carbocycles. The Balaban J connectivity index is 1.79. The number of fused-ring (bicyclic) bond motifs is 3. The number of pyridine rings is 1. The molecule has 168 valence electrons. The van der Waals surface area contributed by atoms with E-state index in [0.717, 1.165) is 33.0 Å². The van der Waals surface area contributed by atoms with Crippen LogP contribution in [0, 0.1) is 25.2 Å². The van der Waals surface area contributed by atoms with Gasteiger partial charge < -0.3 is 4.42 Å². The largest absolute Gasteiger partial charge is 0.466 e. The molecular weight excluding hydrogens is 423 g/mol. The Hall–Kier alpha value is -3.97. The summed E-state index contributed by atoms with van der Waals surface area (Å²) in [5.41, 5.74) is 5.47. The average molecular weight is 452 g/mol. The lowest BCUT2D eigenvalue weighted by Crippen LogP contribution is -2.32. The molecule has 0 aliphatic carbocycles.